The normalized spacial score (nSPS) is 11.4. The van der Waals surface area contributed by atoms with Crippen LogP contribution in [0.25, 0.3) is 10.4 Å². The summed E-state index contributed by atoms with van der Waals surface area (Å²) in [6.07, 6.45) is -4.37. The summed E-state index contributed by atoms with van der Waals surface area (Å²) < 4.78 is 42.0. The molecule has 0 bridgehead atoms. The fourth-order valence-corrected chi connectivity index (χ4v) is 2.63. The molecule has 0 saturated heterocycles. The van der Waals surface area contributed by atoms with Gasteiger partial charge in [0.2, 0.25) is 0 Å². The Morgan fingerprint density at radius 3 is 2.35 bits per heavy atom. The highest BCUT2D eigenvalue weighted by Crippen LogP contribution is 2.35. The largest absolute Gasteiger partial charge is 0.465 e. The lowest BCUT2D eigenvalue weighted by Gasteiger charge is -2.06. The van der Waals surface area contributed by atoms with Gasteiger partial charge < -0.3 is 10.5 Å². The third-order valence-corrected chi connectivity index (χ3v) is 3.81. The van der Waals surface area contributed by atoms with Crippen LogP contribution >= 0.6 is 11.3 Å². The first-order chi connectivity index (χ1) is 9.32. The van der Waals surface area contributed by atoms with Gasteiger partial charge in [0.15, 0.2) is 0 Å². The molecule has 0 aliphatic carbocycles. The third-order valence-electron chi connectivity index (χ3n) is 2.63. The minimum Gasteiger partial charge on any atom is -0.465 e. The quantitative estimate of drug-likeness (QED) is 0.858. The fourth-order valence-electron chi connectivity index (χ4n) is 1.62. The predicted octanol–water partition coefficient (Wildman–Crippen LogP) is 3.80. The number of alkyl halides is 3. The zero-order chi connectivity index (χ0) is 14.9. The maximum Gasteiger partial charge on any atom is 0.416 e. The Balaban J connectivity index is 2.35. The van der Waals surface area contributed by atoms with E-state index in [4.69, 9.17) is 5.73 Å². The monoisotopic (exact) mass is 301 g/mol. The van der Waals surface area contributed by atoms with Crippen LogP contribution in [0.15, 0.2) is 30.3 Å². The standard InChI is InChI=1S/C13H10F3NO2S/c1-19-12(18)11-9(17)6-10(20-11)7-2-4-8(5-3-7)13(14,15)16/h2-6H,17H2,1H3. The molecule has 0 aliphatic heterocycles. The first-order valence-electron chi connectivity index (χ1n) is 5.48. The van der Waals surface area contributed by atoms with Crippen molar-refractivity contribution in [3.05, 3.63) is 40.8 Å². The Kier molecular flexibility index (Phi) is 3.71. The van der Waals surface area contributed by atoms with Crippen molar-refractivity contribution in [3.8, 4) is 10.4 Å². The van der Waals surface area contributed by atoms with E-state index >= 15 is 0 Å². The molecule has 20 heavy (non-hydrogen) atoms. The van der Waals surface area contributed by atoms with Crippen molar-refractivity contribution in [2.45, 2.75) is 6.18 Å². The number of ether oxygens (including phenoxy) is 1. The number of hydrogen-bond acceptors (Lipinski definition) is 4. The van der Waals surface area contributed by atoms with Gasteiger partial charge in [0.1, 0.15) is 4.88 Å². The van der Waals surface area contributed by atoms with Gasteiger partial charge in [-0.05, 0) is 23.8 Å². The zero-order valence-corrected chi connectivity index (χ0v) is 11.1. The lowest BCUT2D eigenvalue weighted by Crippen LogP contribution is -2.03. The molecular formula is C13H10F3NO2S. The van der Waals surface area contributed by atoms with Crippen molar-refractivity contribution >= 4 is 23.0 Å². The maximum absolute atomic E-state index is 12.5. The summed E-state index contributed by atoms with van der Waals surface area (Å²) in [5.74, 6) is -0.564. The van der Waals surface area contributed by atoms with E-state index < -0.39 is 17.7 Å². The number of rotatable bonds is 2. The van der Waals surface area contributed by atoms with Gasteiger partial charge in [-0.3, -0.25) is 0 Å². The van der Waals surface area contributed by atoms with Crippen molar-refractivity contribution in [1.29, 1.82) is 0 Å². The number of hydrogen-bond donors (Lipinski definition) is 1. The second kappa shape index (κ2) is 5.16. The van der Waals surface area contributed by atoms with Gasteiger partial charge in [0, 0.05) is 4.88 Å². The van der Waals surface area contributed by atoms with E-state index in [2.05, 4.69) is 4.74 Å². The molecule has 1 aromatic heterocycles. The Bertz CT molecular complexity index is 632. The molecule has 1 aromatic carbocycles. The summed E-state index contributed by atoms with van der Waals surface area (Å²) in [7, 11) is 1.24. The number of nitrogens with two attached hydrogens (primary N) is 1. The summed E-state index contributed by atoms with van der Waals surface area (Å²) in [5, 5.41) is 0. The van der Waals surface area contributed by atoms with Crippen molar-refractivity contribution < 1.29 is 22.7 Å². The van der Waals surface area contributed by atoms with E-state index in [9.17, 15) is 18.0 Å². The number of thiophene rings is 1. The minimum absolute atomic E-state index is 0.238. The molecule has 0 radical (unpaired) electrons. The predicted molar refractivity (Wildman–Crippen MR) is 70.5 cm³/mol. The first-order valence-corrected chi connectivity index (χ1v) is 6.30. The van der Waals surface area contributed by atoms with E-state index in [1.54, 1.807) is 6.07 Å². The number of benzene rings is 1. The molecule has 0 unspecified atom stereocenters. The number of carbonyl (C=O) groups excluding carboxylic acids is 1. The lowest BCUT2D eigenvalue weighted by molar-refractivity contribution is -0.137. The van der Waals surface area contributed by atoms with Crippen LogP contribution in [-0.4, -0.2) is 13.1 Å². The molecule has 0 atom stereocenters. The van der Waals surface area contributed by atoms with E-state index in [1.165, 1.54) is 19.2 Å². The van der Waals surface area contributed by atoms with Crippen LogP contribution < -0.4 is 5.73 Å². The van der Waals surface area contributed by atoms with Crippen LogP contribution in [0.4, 0.5) is 18.9 Å². The van der Waals surface area contributed by atoms with Crippen molar-refractivity contribution in [1.82, 2.24) is 0 Å². The Morgan fingerprint density at radius 1 is 1.25 bits per heavy atom. The molecule has 0 amide bonds. The molecule has 2 N–H and O–H groups in total. The van der Waals surface area contributed by atoms with Crippen LogP contribution in [-0.2, 0) is 10.9 Å². The summed E-state index contributed by atoms with van der Waals surface area (Å²) in [6, 6.07) is 6.20. The summed E-state index contributed by atoms with van der Waals surface area (Å²) >= 11 is 1.08. The van der Waals surface area contributed by atoms with Crippen LogP contribution in [0.3, 0.4) is 0 Å². The van der Waals surface area contributed by atoms with Crippen LogP contribution in [0.5, 0.6) is 0 Å². The average Bonchev–Trinajstić information content (AvgIpc) is 2.79. The Morgan fingerprint density at radius 2 is 1.85 bits per heavy atom. The van der Waals surface area contributed by atoms with Gasteiger partial charge >= 0.3 is 12.1 Å². The lowest BCUT2D eigenvalue weighted by atomic mass is 10.1. The molecule has 2 aromatic rings. The van der Waals surface area contributed by atoms with Gasteiger partial charge in [-0.15, -0.1) is 11.3 Å². The minimum atomic E-state index is -4.37. The molecule has 106 valence electrons. The molecule has 1 heterocycles. The van der Waals surface area contributed by atoms with Gasteiger partial charge in [-0.25, -0.2) is 4.79 Å². The van der Waals surface area contributed by atoms with Gasteiger partial charge in [0.05, 0.1) is 18.4 Å². The Hall–Kier alpha value is -2.02. The molecule has 0 spiro atoms. The molecule has 0 aliphatic rings. The van der Waals surface area contributed by atoms with Gasteiger partial charge in [-0.2, -0.15) is 13.2 Å². The van der Waals surface area contributed by atoms with Crippen LogP contribution in [0.1, 0.15) is 15.2 Å². The van der Waals surface area contributed by atoms with E-state index in [-0.39, 0.29) is 10.6 Å². The second-order valence-corrected chi connectivity index (χ2v) is 5.01. The van der Waals surface area contributed by atoms with E-state index in [1.807, 2.05) is 0 Å². The number of esters is 1. The number of nitrogen functional groups attached to an aromatic ring is 1. The van der Waals surface area contributed by atoms with Crippen molar-refractivity contribution in [2.24, 2.45) is 0 Å². The summed E-state index contributed by atoms with van der Waals surface area (Å²) in [4.78, 5) is 12.3. The van der Waals surface area contributed by atoms with Gasteiger partial charge in [0.25, 0.3) is 0 Å². The molecule has 7 heteroatoms. The highest BCUT2D eigenvalue weighted by atomic mass is 32.1. The van der Waals surface area contributed by atoms with E-state index in [0.29, 0.717) is 10.4 Å². The highest BCUT2D eigenvalue weighted by molar-refractivity contribution is 7.18. The number of methoxy groups -OCH3 is 1. The van der Waals surface area contributed by atoms with E-state index in [0.717, 1.165) is 23.5 Å². The molecular weight excluding hydrogens is 291 g/mol. The first kappa shape index (κ1) is 14.4. The second-order valence-electron chi connectivity index (χ2n) is 3.96. The summed E-state index contributed by atoms with van der Waals surface area (Å²) in [6.45, 7) is 0. The number of anilines is 1. The number of carbonyl (C=O) groups is 1. The summed E-state index contributed by atoms with van der Waals surface area (Å²) in [5.41, 5.74) is 5.77. The highest BCUT2D eigenvalue weighted by Gasteiger charge is 2.30. The van der Waals surface area contributed by atoms with Crippen molar-refractivity contribution in [3.63, 3.8) is 0 Å². The SMILES string of the molecule is COC(=O)c1sc(-c2ccc(C(F)(F)F)cc2)cc1N. The Labute approximate surface area is 116 Å². The zero-order valence-electron chi connectivity index (χ0n) is 10.3. The maximum atomic E-state index is 12.5. The molecule has 0 saturated carbocycles. The molecule has 2 rings (SSSR count). The molecule has 3 nitrogen and oxygen atoms in total. The van der Waals surface area contributed by atoms with Crippen LogP contribution in [0.2, 0.25) is 0 Å². The van der Waals surface area contributed by atoms with Crippen LogP contribution in [0, 0.1) is 0 Å². The third kappa shape index (κ3) is 2.77. The average molecular weight is 301 g/mol. The topological polar surface area (TPSA) is 52.3 Å². The fraction of sp³-hybridized carbons (Fsp3) is 0.154. The van der Waals surface area contributed by atoms with Crippen molar-refractivity contribution in [2.75, 3.05) is 12.8 Å². The van der Waals surface area contributed by atoms with Gasteiger partial charge in [-0.1, -0.05) is 12.1 Å². The smallest absolute Gasteiger partial charge is 0.416 e. The molecule has 0 fully saturated rings. The number of halogens is 3.